The van der Waals surface area contributed by atoms with Crippen LogP contribution in [0.15, 0.2) is 6.33 Å². The molecule has 0 bridgehead atoms. The maximum atomic E-state index is 5.79. The molecule has 4 heteroatoms. The van der Waals surface area contributed by atoms with Gasteiger partial charge in [0.15, 0.2) is 0 Å². The number of nitrogens with one attached hydrogen (secondary N) is 1. The van der Waals surface area contributed by atoms with Gasteiger partial charge in [-0.15, -0.1) is 0 Å². The quantitative estimate of drug-likeness (QED) is 0.789. The summed E-state index contributed by atoms with van der Waals surface area (Å²) < 4.78 is 5.79. The van der Waals surface area contributed by atoms with E-state index in [0.29, 0.717) is 0 Å². The van der Waals surface area contributed by atoms with E-state index in [0.717, 1.165) is 49.0 Å². The topological polar surface area (TPSA) is 47.0 Å². The van der Waals surface area contributed by atoms with Crippen LogP contribution in [0.5, 0.6) is 5.88 Å². The summed E-state index contributed by atoms with van der Waals surface area (Å²) in [5.74, 6) is 2.55. The monoisotopic (exact) mass is 235 g/mol. The summed E-state index contributed by atoms with van der Waals surface area (Å²) >= 11 is 0. The van der Waals surface area contributed by atoms with Crippen molar-refractivity contribution in [2.45, 2.75) is 39.0 Å². The fraction of sp³-hybridized carbons (Fsp3) is 0.692. The molecule has 1 heterocycles. The summed E-state index contributed by atoms with van der Waals surface area (Å²) in [7, 11) is 1.88. The van der Waals surface area contributed by atoms with Crippen LogP contribution in [0.25, 0.3) is 0 Å². The molecule has 0 aliphatic heterocycles. The molecule has 4 nitrogen and oxygen atoms in total. The highest BCUT2D eigenvalue weighted by molar-refractivity contribution is 5.48. The minimum absolute atomic E-state index is 0.756. The molecule has 0 unspecified atom stereocenters. The van der Waals surface area contributed by atoms with E-state index in [1.165, 1.54) is 12.8 Å². The average molecular weight is 235 g/mol. The fourth-order valence-electron chi connectivity index (χ4n) is 1.94. The van der Waals surface area contributed by atoms with Crippen molar-refractivity contribution in [2.75, 3.05) is 19.0 Å². The maximum absolute atomic E-state index is 5.79. The van der Waals surface area contributed by atoms with E-state index in [-0.39, 0.29) is 0 Å². The Balaban J connectivity index is 2.01. The van der Waals surface area contributed by atoms with E-state index < -0.39 is 0 Å². The highest BCUT2D eigenvalue weighted by Gasteiger charge is 2.21. The molecule has 94 valence electrons. The Labute approximate surface area is 103 Å². The van der Waals surface area contributed by atoms with Gasteiger partial charge in [0.2, 0.25) is 5.88 Å². The van der Waals surface area contributed by atoms with Crippen molar-refractivity contribution in [3.63, 3.8) is 0 Å². The lowest BCUT2D eigenvalue weighted by atomic mass is 10.2. The molecule has 0 saturated heterocycles. The molecule has 17 heavy (non-hydrogen) atoms. The molecule has 1 N–H and O–H groups in total. The number of aromatic nitrogens is 2. The molecule has 0 aromatic carbocycles. The van der Waals surface area contributed by atoms with Crippen LogP contribution >= 0.6 is 0 Å². The second-order valence-corrected chi connectivity index (χ2v) is 4.59. The van der Waals surface area contributed by atoms with Crippen LogP contribution in [0.3, 0.4) is 0 Å². The van der Waals surface area contributed by atoms with Gasteiger partial charge in [-0.2, -0.15) is 0 Å². The van der Waals surface area contributed by atoms with E-state index in [9.17, 15) is 0 Å². The predicted molar refractivity (Wildman–Crippen MR) is 68.4 cm³/mol. The van der Waals surface area contributed by atoms with E-state index in [4.69, 9.17) is 4.74 Å². The lowest BCUT2D eigenvalue weighted by molar-refractivity contribution is 0.287. The van der Waals surface area contributed by atoms with Crippen molar-refractivity contribution >= 4 is 5.82 Å². The second kappa shape index (κ2) is 5.84. The Morgan fingerprint density at radius 3 is 2.88 bits per heavy atom. The molecular formula is C13H21N3O. The minimum Gasteiger partial charge on any atom is -0.477 e. The molecule has 1 aliphatic rings. The number of anilines is 1. The number of nitrogens with zero attached hydrogens (tertiary/aromatic N) is 2. The van der Waals surface area contributed by atoms with Gasteiger partial charge in [-0.1, -0.05) is 26.2 Å². The van der Waals surface area contributed by atoms with Gasteiger partial charge in [0.05, 0.1) is 12.2 Å². The van der Waals surface area contributed by atoms with E-state index in [1.807, 2.05) is 7.05 Å². The van der Waals surface area contributed by atoms with Crippen molar-refractivity contribution in [2.24, 2.45) is 5.92 Å². The Morgan fingerprint density at radius 1 is 1.41 bits per heavy atom. The van der Waals surface area contributed by atoms with Gasteiger partial charge in [0.1, 0.15) is 12.1 Å². The first-order valence-electron chi connectivity index (χ1n) is 6.49. The smallest absolute Gasteiger partial charge is 0.221 e. The van der Waals surface area contributed by atoms with Gasteiger partial charge >= 0.3 is 0 Å². The number of hydrogen-bond acceptors (Lipinski definition) is 4. The first-order chi connectivity index (χ1) is 8.35. The first-order valence-corrected chi connectivity index (χ1v) is 6.49. The largest absolute Gasteiger partial charge is 0.477 e. The van der Waals surface area contributed by atoms with Crippen LogP contribution in [0.4, 0.5) is 5.82 Å². The Morgan fingerprint density at radius 2 is 2.24 bits per heavy atom. The predicted octanol–water partition coefficient (Wildman–Crippen LogP) is 2.65. The van der Waals surface area contributed by atoms with Crippen molar-refractivity contribution in [3.8, 4) is 5.88 Å². The molecule has 0 spiro atoms. The number of rotatable bonds is 7. The van der Waals surface area contributed by atoms with Crippen molar-refractivity contribution < 1.29 is 4.74 Å². The van der Waals surface area contributed by atoms with Crippen molar-refractivity contribution in [1.29, 1.82) is 0 Å². The van der Waals surface area contributed by atoms with Crippen molar-refractivity contribution in [1.82, 2.24) is 9.97 Å². The third-order valence-electron chi connectivity index (χ3n) is 3.10. The molecule has 1 aromatic rings. The Kier molecular flexibility index (Phi) is 4.18. The SMILES string of the molecule is CCCc1c(NC)ncnc1OCCC1CC1. The highest BCUT2D eigenvalue weighted by atomic mass is 16.5. The van der Waals surface area contributed by atoms with Gasteiger partial charge in [-0.3, -0.25) is 0 Å². The lowest BCUT2D eigenvalue weighted by Crippen LogP contribution is -2.07. The van der Waals surface area contributed by atoms with Crippen LogP contribution in [0, 0.1) is 5.92 Å². The van der Waals surface area contributed by atoms with Crippen LogP contribution in [-0.2, 0) is 6.42 Å². The lowest BCUT2D eigenvalue weighted by Gasteiger charge is -2.12. The molecule has 1 aromatic heterocycles. The third kappa shape index (κ3) is 3.32. The molecule has 0 amide bonds. The second-order valence-electron chi connectivity index (χ2n) is 4.59. The van der Waals surface area contributed by atoms with Crippen LogP contribution < -0.4 is 10.1 Å². The molecule has 1 fully saturated rings. The van der Waals surface area contributed by atoms with Gasteiger partial charge in [-0.05, 0) is 18.8 Å². The van der Waals surface area contributed by atoms with Crippen LogP contribution in [0.1, 0.15) is 38.2 Å². The molecule has 2 rings (SSSR count). The van der Waals surface area contributed by atoms with E-state index in [2.05, 4.69) is 22.2 Å². The number of hydrogen-bond donors (Lipinski definition) is 1. The minimum atomic E-state index is 0.756. The zero-order valence-corrected chi connectivity index (χ0v) is 10.7. The molecule has 1 aliphatic carbocycles. The van der Waals surface area contributed by atoms with Gasteiger partial charge in [0, 0.05) is 7.05 Å². The molecule has 1 saturated carbocycles. The van der Waals surface area contributed by atoms with E-state index in [1.54, 1.807) is 6.33 Å². The normalized spacial score (nSPS) is 14.7. The summed E-state index contributed by atoms with van der Waals surface area (Å²) in [6.45, 7) is 2.93. The van der Waals surface area contributed by atoms with Gasteiger partial charge in [-0.25, -0.2) is 9.97 Å². The highest BCUT2D eigenvalue weighted by Crippen LogP contribution is 2.32. The summed E-state index contributed by atoms with van der Waals surface area (Å²) in [6.07, 6.45) is 7.49. The summed E-state index contributed by atoms with van der Waals surface area (Å²) in [5.41, 5.74) is 1.10. The first kappa shape index (κ1) is 12.1. The molecule has 0 radical (unpaired) electrons. The average Bonchev–Trinajstić information content (AvgIpc) is 3.15. The van der Waals surface area contributed by atoms with Gasteiger partial charge < -0.3 is 10.1 Å². The van der Waals surface area contributed by atoms with Gasteiger partial charge in [0.25, 0.3) is 0 Å². The van der Waals surface area contributed by atoms with Crippen LogP contribution in [0.2, 0.25) is 0 Å². The molecular weight excluding hydrogens is 214 g/mol. The Hall–Kier alpha value is -1.32. The summed E-state index contributed by atoms with van der Waals surface area (Å²) in [6, 6.07) is 0. The van der Waals surface area contributed by atoms with E-state index >= 15 is 0 Å². The zero-order chi connectivity index (χ0) is 12.1. The van der Waals surface area contributed by atoms with Crippen molar-refractivity contribution in [3.05, 3.63) is 11.9 Å². The summed E-state index contributed by atoms with van der Waals surface area (Å²) in [4.78, 5) is 8.48. The summed E-state index contributed by atoms with van der Waals surface area (Å²) in [5, 5.41) is 3.10. The Bertz CT molecular complexity index is 364. The fourth-order valence-corrected chi connectivity index (χ4v) is 1.94. The number of ether oxygens (including phenoxy) is 1. The zero-order valence-electron chi connectivity index (χ0n) is 10.7. The standard InChI is InChI=1S/C13H21N3O/c1-3-4-11-12(14-2)15-9-16-13(11)17-8-7-10-5-6-10/h9-10H,3-8H2,1-2H3,(H,14,15,16). The molecule has 0 atom stereocenters. The third-order valence-corrected chi connectivity index (χ3v) is 3.10. The maximum Gasteiger partial charge on any atom is 0.221 e. The van der Waals surface area contributed by atoms with Crippen LogP contribution in [-0.4, -0.2) is 23.6 Å².